The van der Waals surface area contributed by atoms with Crippen molar-refractivity contribution in [1.29, 1.82) is 0 Å². The fraction of sp³-hybridized carbons (Fsp3) is 0.400. The van der Waals surface area contributed by atoms with Crippen LogP contribution in [0.25, 0.3) is 44.1 Å². The molecule has 0 saturated heterocycles. The summed E-state index contributed by atoms with van der Waals surface area (Å²) in [5.41, 5.74) is 9.03. The van der Waals surface area contributed by atoms with Crippen molar-refractivity contribution >= 4 is 21.5 Å². The Labute approximate surface area is 261 Å². The first kappa shape index (κ1) is 29.1. The number of benzene rings is 4. The van der Waals surface area contributed by atoms with E-state index in [9.17, 15) is 5.11 Å². The Bertz CT molecular complexity index is 1970. The van der Waals surface area contributed by atoms with Crippen LogP contribution in [0, 0.1) is 5.41 Å². The molecule has 1 aliphatic heterocycles. The summed E-state index contributed by atoms with van der Waals surface area (Å²) in [6, 6.07) is 24.8. The maximum absolute atomic E-state index is 10.5. The quantitative estimate of drug-likeness (QED) is 0.211. The fourth-order valence-electron chi connectivity index (χ4n) is 8.71. The molecular formula is C40H45N2O2+. The van der Waals surface area contributed by atoms with Crippen LogP contribution in [0.5, 0.6) is 0 Å². The highest BCUT2D eigenvalue weighted by Gasteiger charge is 2.58. The number of aliphatic hydroxyl groups excluding tert-OH is 1. The van der Waals surface area contributed by atoms with Crippen molar-refractivity contribution in [2.75, 3.05) is 20.3 Å². The summed E-state index contributed by atoms with van der Waals surface area (Å²) in [6.07, 6.45) is 3.67. The van der Waals surface area contributed by atoms with Crippen LogP contribution in [0.3, 0.4) is 0 Å². The van der Waals surface area contributed by atoms with Gasteiger partial charge < -0.3 is 9.84 Å². The van der Waals surface area contributed by atoms with Crippen LogP contribution in [0.2, 0.25) is 0 Å². The summed E-state index contributed by atoms with van der Waals surface area (Å²) in [4.78, 5) is 5.28. The normalized spacial score (nSPS) is 21.7. The molecule has 0 amide bonds. The minimum absolute atomic E-state index is 0.0918. The van der Waals surface area contributed by atoms with Crippen molar-refractivity contribution in [2.24, 2.45) is 5.41 Å². The second-order valence-corrected chi connectivity index (χ2v) is 15.3. The van der Waals surface area contributed by atoms with E-state index in [0.717, 1.165) is 12.1 Å². The molecular weight excluding hydrogens is 540 g/mol. The largest absolute Gasteiger partial charge is 0.396 e. The van der Waals surface area contributed by atoms with Gasteiger partial charge in [-0.3, -0.25) is 0 Å². The Morgan fingerprint density at radius 2 is 1.59 bits per heavy atom. The SMILES string of the molecule is COCC1(C)[n+]2cnc3c(c2-c2c(ccc4c(CC(C)(C)C)cccc24)C1(C)CCO)C(C)(C)c1c-3ccc2ccccc12. The zero-order chi connectivity index (χ0) is 31.2. The van der Waals surface area contributed by atoms with Gasteiger partial charge in [-0.15, -0.1) is 0 Å². The standard InChI is InChI=1S/C40H45N2O2/c1-37(2,3)22-26-13-11-15-29-27(26)18-19-31-32(29)36-34-35(41-24-42(36)40(7,23-44-8)39(31,6)20-21-43)30-17-16-25-12-9-10-14-28(25)33(30)38(34,4)5/h9-19,24,43H,20-23H2,1-8H3/q+1. The summed E-state index contributed by atoms with van der Waals surface area (Å²) in [5.74, 6) is 0. The maximum Gasteiger partial charge on any atom is 0.287 e. The van der Waals surface area contributed by atoms with Gasteiger partial charge in [-0.2, -0.15) is 0 Å². The Morgan fingerprint density at radius 3 is 2.32 bits per heavy atom. The molecule has 1 N–H and O–H groups in total. The summed E-state index contributed by atoms with van der Waals surface area (Å²) >= 11 is 0. The van der Waals surface area contributed by atoms with Gasteiger partial charge in [-0.25, -0.2) is 4.57 Å². The van der Waals surface area contributed by atoms with Crippen LogP contribution in [-0.4, -0.2) is 30.4 Å². The highest BCUT2D eigenvalue weighted by molar-refractivity contribution is 6.03. The Balaban J connectivity index is 1.65. The molecule has 44 heavy (non-hydrogen) atoms. The van der Waals surface area contributed by atoms with Crippen molar-refractivity contribution in [3.8, 4) is 22.5 Å². The van der Waals surface area contributed by atoms with Gasteiger partial charge in [0, 0.05) is 35.7 Å². The van der Waals surface area contributed by atoms with Gasteiger partial charge in [0.25, 0.3) is 6.33 Å². The van der Waals surface area contributed by atoms with Gasteiger partial charge in [0.15, 0.2) is 5.69 Å². The van der Waals surface area contributed by atoms with E-state index < -0.39 is 11.0 Å². The predicted octanol–water partition coefficient (Wildman–Crippen LogP) is 8.25. The lowest BCUT2D eigenvalue weighted by Gasteiger charge is -2.49. The first-order chi connectivity index (χ1) is 20.9. The molecule has 0 saturated carbocycles. The molecule has 0 fully saturated rings. The van der Waals surface area contributed by atoms with Gasteiger partial charge in [-0.1, -0.05) is 102 Å². The average Bonchev–Trinajstić information content (AvgIpc) is 3.22. The molecule has 1 aromatic heterocycles. The number of fused-ring (bicyclic) bond motifs is 11. The molecule has 2 unspecified atom stereocenters. The van der Waals surface area contributed by atoms with E-state index in [1.54, 1.807) is 7.11 Å². The number of aliphatic hydroxyl groups is 1. The second-order valence-electron chi connectivity index (χ2n) is 15.3. The molecule has 0 spiro atoms. The Morgan fingerprint density at radius 1 is 0.841 bits per heavy atom. The molecule has 5 aromatic rings. The van der Waals surface area contributed by atoms with E-state index in [4.69, 9.17) is 9.72 Å². The third kappa shape index (κ3) is 3.83. The Kier molecular flexibility index (Phi) is 6.42. The molecule has 4 aromatic carbocycles. The van der Waals surface area contributed by atoms with Crippen LogP contribution >= 0.6 is 0 Å². The lowest BCUT2D eigenvalue weighted by molar-refractivity contribution is -0.769. The molecule has 2 aliphatic rings. The van der Waals surface area contributed by atoms with Crippen molar-refractivity contribution in [3.05, 3.63) is 95.3 Å². The van der Waals surface area contributed by atoms with Crippen molar-refractivity contribution < 1.29 is 14.4 Å². The highest BCUT2D eigenvalue weighted by Crippen LogP contribution is 2.57. The van der Waals surface area contributed by atoms with E-state index in [1.165, 1.54) is 60.6 Å². The molecule has 0 radical (unpaired) electrons. The summed E-state index contributed by atoms with van der Waals surface area (Å²) < 4.78 is 8.44. The number of methoxy groups -OCH3 is 1. The van der Waals surface area contributed by atoms with Crippen molar-refractivity contribution in [2.45, 2.75) is 77.7 Å². The molecule has 2 heterocycles. The number of ether oxygens (including phenoxy) is 1. The van der Waals surface area contributed by atoms with Crippen LogP contribution in [-0.2, 0) is 27.5 Å². The van der Waals surface area contributed by atoms with Crippen LogP contribution in [0.1, 0.15) is 77.1 Å². The minimum atomic E-state index is -0.488. The third-order valence-corrected chi connectivity index (χ3v) is 10.9. The Hall–Kier alpha value is -3.60. The van der Waals surface area contributed by atoms with Crippen molar-refractivity contribution in [1.82, 2.24) is 4.98 Å². The highest BCUT2D eigenvalue weighted by atomic mass is 16.5. The number of hydrogen-bond donors (Lipinski definition) is 1. The smallest absolute Gasteiger partial charge is 0.287 e. The predicted molar refractivity (Wildman–Crippen MR) is 180 cm³/mol. The number of rotatable bonds is 5. The van der Waals surface area contributed by atoms with Gasteiger partial charge >= 0.3 is 0 Å². The first-order valence-electron chi connectivity index (χ1n) is 16.0. The van der Waals surface area contributed by atoms with E-state index in [1.807, 2.05) is 0 Å². The topological polar surface area (TPSA) is 46.2 Å². The van der Waals surface area contributed by atoms with Crippen LogP contribution in [0.15, 0.2) is 73.1 Å². The third-order valence-electron chi connectivity index (χ3n) is 10.9. The first-order valence-corrected chi connectivity index (χ1v) is 16.0. The van der Waals surface area contributed by atoms with Gasteiger partial charge in [0.05, 0.1) is 12.2 Å². The maximum atomic E-state index is 10.5. The fourth-order valence-corrected chi connectivity index (χ4v) is 8.71. The van der Waals surface area contributed by atoms with Gasteiger partial charge in [-0.05, 0) is 74.5 Å². The molecule has 4 heteroatoms. The number of hydrogen-bond acceptors (Lipinski definition) is 3. The van der Waals surface area contributed by atoms with Crippen LogP contribution in [0.4, 0.5) is 0 Å². The van der Waals surface area contributed by atoms with E-state index in [0.29, 0.717) is 13.0 Å². The molecule has 0 bridgehead atoms. The minimum Gasteiger partial charge on any atom is -0.396 e. The second kappa shape index (κ2) is 9.70. The number of aromatic nitrogens is 2. The van der Waals surface area contributed by atoms with E-state index in [2.05, 4.69) is 126 Å². The molecule has 226 valence electrons. The summed E-state index contributed by atoms with van der Waals surface area (Å²) in [5, 5.41) is 15.7. The average molecular weight is 586 g/mol. The van der Waals surface area contributed by atoms with Crippen LogP contribution < -0.4 is 4.57 Å². The summed E-state index contributed by atoms with van der Waals surface area (Å²) in [6.45, 7) is 16.9. The monoisotopic (exact) mass is 585 g/mol. The lowest BCUT2D eigenvalue weighted by atomic mass is 9.60. The zero-order valence-corrected chi connectivity index (χ0v) is 27.5. The van der Waals surface area contributed by atoms with Crippen molar-refractivity contribution in [3.63, 3.8) is 0 Å². The zero-order valence-electron chi connectivity index (χ0n) is 27.5. The molecule has 7 rings (SSSR count). The van der Waals surface area contributed by atoms with Gasteiger partial charge in [0.2, 0.25) is 0 Å². The molecule has 4 nitrogen and oxygen atoms in total. The lowest BCUT2D eigenvalue weighted by Crippen LogP contribution is -2.70. The molecule has 1 aliphatic carbocycles. The number of nitrogens with zero attached hydrogens (tertiary/aromatic N) is 2. The van der Waals surface area contributed by atoms with E-state index >= 15 is 0 Å². The molecule has 2 atom stereocenters. The van der Waals surface area contributed by atoms with Gasteiger partial charge in [0.1, 0.15) is 11.2 Å². The summed E-state index contributed by atoms with van der Waals surface area (Å²) in [7, 11) is 1.78. The van der Waals surface area contributed by atoms with E-state index in [-0.39, 0.29) is 17.4 Å².